The Morgan fingerprint density at radius 1 is 1.04 bits per heavy atom. The summed E-state index contributed by atoms with van der Waals surface area (Å²) in [5.41, 5.74) is 1.60. The van der Waals surface area contributed by atoms with Gasteiger partial charge in [0.2, 0.25) is 0 Å². The lowest BCUT2D eigenvalue weighted by Gasteiger charge is -2.09. The molecule has 24 heavy (non-hydrogen) atoms. The zero-order chi connectivity index (χ0) is 16.9. The molecule has 0 radical (unpaired) electrons. The molecule has 7 heteroatoms. The maximum absolute atomic E-state index is 6.13. The van der Waals surface area contributed by atoms with Crippen molar-refractivity contribution in [2.45, 2.75) is 6.54 Å². The monoisotopic (exact) mass is 345 g/mol. The average Bonchev–Trinajstić information content (AvgIpc) is 3.09. The highest BCUT2D eigenvalue weighted by Gasteiger charge is 2.17. The highest BCUT2D eigenvalue weighted by Crippen LogP contribution is 2.37. The molecule has 0 atom stereocenters. The van der Waals surface area contributed by atoms with Crippen molar-refractivity contribution in [3.05, 3.63) is 53.1 Å². The van der Waals surface area contributed by atoms with E-state index in [2.05, 4.69) is 15.5 Å². The molecule has 0 fully saturated rings. The van der Waals surface area contributed by atoms with Crippen LogP contribution in [0.3, 0.4) is 0 Å². The number of hydrogen-bond acceptors (Lipinski definition) is 6. The lowest BCUT2D eigenvalue weighted by Crippen LogP contribution is -1.99. The van der Waals surface area contributed by atoms with Crippen LogP contribution in [0.4, 0.5) is 6.01 Å². The van der Waals surface area contributed by atoms with Gasteiger partial charge in [0.15, 0.2) is 11.5 Å². The predicted octanol–water partition coefficient (Wildman–Crippen LogP) is 4.02. The highest BCUT2D eigenvalue weighted by molar-refractivity contribution is 6.31. The van der Waals surface area contributed by atoms with Crippen molar-refractivity contribution in [2.24, 2.45) is 0 Å². The molecule has 1 aromatic heterocycles. The van der Waals surface area contributed by atoms with E-state index < -0.39 is 0 Å². The molecule has 6 nitrogen and oxygen atoms in total. The van der Waals surface area contributed by atoms with Gasteiger partial charge >= 0.3 is 6.01 Å². The van der Waals surface area contributed by atoms with Crippen LogP contribution in [0.1, 0.15) is 5.56 Å². The van der Waals surface area contributed by atoms with Crippen LogP contribution in [-0.4, -0.2) is 24.4 Å². The Kier molecular flexibility index (Phi) is 4.86. The summed E-state index contributed by atoms with van der Waals surface area (Å²) in [7, 11) is 3.14. The second kappa shape index (κ2) is 7.23. The summed E-state index contributed by atoms with van der Waals surface area (Å²) in [6.45, 7) is 0.483. The first-order chi connectivity index (χ1) is 11.7. The number of anilines is 1. The van der Waals surface area contributed by atoms with E-state index in [1.165, 1.54) is 0 Å². The van der Waals surface area contributed by atoms with E-state index in [9.17, 15) is 0 Å². The number of nitrogens with zero attached hydrogens (tertiary/aromatic N) is 2. The molecule has 0 spiro atoms. The van der Waals surface area contributed by atoms with E-state index in [1.54, 1.807) is 20.3 Å². The Labute approximate surface area is 144 Å². The first kappa shape index (κ1) is 16.1. The van der Waals surface area contributed by atoms with Gasteiger partial charge in [-0.3, -0.25) is 0 Å². The fourth-order valence-electron chi connectivity index (χ4n) is 2.27. The van der Waals surface area contributed by atoms with E-state index in [-0.39, 0.29) is 0 Å². The molecule has 0 unspecified atom stereocenters. The van der Waals surface area contributed by atoms with Crippen LogP contribution < -0.4 is 14.8 Å². The molecule has 1 heterocycles. The van der Waals surface area contributed by atoms with Crippen molar-refractivity contribution in [1.82, 2.24) is 10.2 Å². The number of aromatic nitrogens is 2. The van der Waals surface area contributed by atoms with Crippen LogP contribution in [0, 0.1) is 0 Å². The van der Waals surface area contributed by atoms with Crippen LogP contribution in [0.2, 0.25) is 5.02 Å². The Balaban J connectivity index is 1.80. The van der Waals surface area contributed by atoms with Crippen molar-refractivity contribution in [2.75, 3.05) is 19.5 Å². The molecule has 124 valence electrons. The third-order valence-corrected chi connectivity index (χ3v) is 3.81. The van der Waals surface area contributed by atoms with Gasteiger partial charge < -0.3 is 19.2 Å². The lowest BCUT2D eigenvalue weighted by molar-refractivity contribution is 0.355. The smallest absolute Gasteiger partial charge is 0.316 e. The molecule has 0 aliphatic heterocycles. The summed E-state index contributed by atoms with van der Waals surface area (Å²) in [5, 5.41) is 11.8. The number of benzene rings is 2. The number of nitrogens with one attached hydrogen (secondary N) is 1. The van der Waals surface area contributed by atoms with Crippen LogP contribution in [0.15, 0.2) is 46.9 Å². The normalized spacial score (nSPS) is 10.5. The molecular formula is C17H16ClN3O3. The molecule has 0 saturated heterocycles. The van der Waals surface area contributed by atoms with Crippen LogP contribution in [0.5, 0.6) is 11.5 Å². The average molecular weight is 346 g/mol. The van der Waals surface area contributed by atoms with Gasteiger partial charge in [0.1, 0.15) is 0 Å². The highest BCUT2D eigenvalue weighted by atomic mass is 35.5. The largest absolute Gasteiger partial charge is 0.493 e. The molecule has 2 aromatic carbocycles. The van der Waals surface area contributed by atoms with Gasteiger partial charge in [-0.05, 0) is 23.8 Å². The van der Waals surface area contributed by atoms with E-state index in [0.717, 1.165) is 5.56 Å². The van der Waals surface area contributed by atoms with Crippen LogP contribution in [-0.2, 0) is 6.54 Å². The minimum atomic E-state index is 0.301. The van der Waals surface area contributed by atoms with Gasteiger partial charge in [-0.25, -0.2) is 0 Å². The van der Waals surface area contributed by atoms with Gasteiger partial charge in [-0.15, -0.1) is 5.10 Å². The number of ether oxygens (including phenoxy) is 2. The Hall–Kier alpha value is -2.73. The zero-order valence-electron chi connectivity index (χ0n) is 13.2. The first-order valence-electron chi connectivity index (χ1n) is 7.25. The SMILES string of the molecule is COc1cccc(-c2nnc(NCc3ccccc3Cl)o2)c1OC. The van der Waals surface area contributed by atoms with Crippen LogP contribution >= 0.6 is 11.6 Å². The lowest BCUT2D eigenvalue weighted by atomic mass is 10.2. The fourth-order valence-corrected chi connectivity index (χ4v) is 2.47. The van der Waals surface area contributed by atoms with Gasteiger partial charge in [-0.1, -0.05) is 41.0 Å². The molecule has 1 N–H and O–H groups in total. The van der Waals surface area contributed by atoms with Gasteiger partial charge in [0.25, 0.3) is 5.89 Å². The molecule has 3 aromatic rings. The van der Waals surface area contributed by atoms with Crippen molar-refractivity contribution >= 4 is 17.6 Å². The number of hydrogen-bond donors (Lipinski definition) is 1. The van der Waals surface area contributed by atoms with Crippen molar-refractivity contribution < 1.29 is 13.9 Å². The summed E-state index contributed by atoms with van der Waals surface area (Å²) >= 11 is 6.13. The van der Waals surface area contributed by atoms with Crippen LogP contribution in [0.25, 0.3) is 11.5 Å². The summed E-state index contributed by atoms with van der Waals surface area (Å²) in [4.78, 5) is 0. The second-order valence-electron chi connectivity index (χ2n) is 4.90. The third kappa shape index (κ3) is 3.28. The molecule has 0 aliphatic rings. The zero-order valence-corrected chi connectivity index (χ0v) is 14.0. The molecule has 3 rings (SSSR count). The number of halogens is 1. The minimum Gasteiger partial charge on any atom is -0.493 e. The topological polar surface area (TPSA) is 69.4 Å². The fraction of sp³-hybridized carbons (Fsp3) is 0.176. The van der Waals surface area contributed by atoms with Gasteiger partial charge in [-0.2, -0.15) is 0 Å². The van der Waals surface area contributed by atoms with Crippen molar-refractivity contribution in [1.29, 1.82) is 0 Å². The maximum atomic E-state index is 6.13. The Morgan fingerprint density at radius 2 is 1.88 bits per heavy atom. The second-order valence-corrected chi connectivity index (χ2v) is 5.31. The third-order valence-electron chi connectivity index (χ3n) is 3.45. The van der Waals surface area contributed by atoms with E-state index in [4.69, 9.17) is 25.5 Å². The van der Waals surface area contributed by atoms with Gasteiger partial charge in [0, 0.05) is 11.6 Å². The first-order valence-corrected chi connectivity index (χ1v) is 7.63. The molecular weight excluding hydrogens is 330 g/mol. The van der Waals surface area contributed by atoms with E-state index in [0.29, 0.717) is 40.5 Å². The Bertz CT molecular complexity index is 835. The Morgan fingerprint density at radius 3 is 2.62 bits per heavy atom. The maximum Gasteiger partial charge on any atom is 0.316 e. The predicted molar refractivity (Wildman–Crippen MR) is 91.6 cm³/mol. The molecule has 0 bridgehead atoms. The summed E-state index contributed by atoms with van der Waals surface area (Å²) < 4.78 is 16.3. The summed E-state index contributed by atoms with van der Waals surface area (Å²) in [6, 6.07) is 13.3. The quantitative estimate of drug-likeness (QED) is 0.727. The molecule has 0 amide bonds. The van der Waals surface area contributed by atoms with Gasteiger partial charge in [0.05, 0.1) is 19.8 Å². The number of para-hydroxylation sites is 1. The number of rotatable bonds is 6. The summed E-state index contributed by atoms with van der Waals surface area (Å²) in [5.74, 6) is 1.48. The number of methoxy groups -OCH3 is 2. The van der Waals surface area contributed by atoms with Crippen molar-refractivity contribution in [3.63, 3.8) is 0 Å². The molecule has 0 saturated carbocycles. The summed E-state index contributed by atoms with van der Waals surface area (Å²) in [6.07, 6.45) is 0. The van der Waals surface area contributed by atoms with E-state index in [1.807, 2.05) is 36.4 Å². The van der Waals surface area contributed by atoms with Crippen molar-refractivity contribution in [3.8, 4) is 23.0 Å². The minimum absolute atomic E-state index is 0.301. The standard InChI is InChI=1S/C17H16ClN3O3/c1-22-14-9-5-7-12(15(14)23-2)16-20-21-17(24-16)19-10-11-6-3-4-8-13(11)18/h3-9H,10H2,1-2H3,(H,19,21). The molecule has 0 aliphatic carbocycles. The van der Waals surface area contributed by atoms with E-state index >= 15 is 0 Å².